The lowest BCUT2D eigenvalue weighted by molar-refractivity contribution is -0.274. The molecule has 30 heavy (non-hydrogen) atoms. The number of amides is 2. The summed E-state index contributed by atoms with van der Waals surface area (Å²) in [4.78, 5) is 24.7. The second-order valence-corrected chi connectivity index (χ2v) is 7.72. The van der Waals surface area contributed by atoms with E-state index < -0.39 is 29.5 Å². The van der Waals surface area contributed by atoms with E-state index in [2.05, 4.69) is 15.4 Å². The number of carbonyl (C=O) groups is 2. The first-order valence-corrected chi connectivity index (χ1v) is 9.51. The van der Waals surface area contributed by atoms with Crippen molar-refractivity contribution in [2.24, 2.45) is 0 Å². The van der Waals surface area contributed by atoms with E-state index in [-0.39, 0.29) is 12.2 Å². The fraction of sp³-hybridized carbons (Fsp3) is 0.200. The summed E-state index contributed by atoms with van der Waals surface area (Å²) < 4.78 is 41.2. The number of anilines is 1. The van der Waals surface area contributed by atoms with Gasteiger partial charge in [0.05, 0.1) is 6.54 Å². The summed E-state index contributed by atoms with van der Waals surface area (Å²) in [5.41, 5.74) is -1.28. The van der Waals surface area contributed by atoms with Crippen LogP contribution in [0.3, 0.4) is 0 Å². The quantitative estimate of drug-likeness (QED) is 0.530. The number of nitrogens with one attached hydrogen (secondary N) is 2. The zero-order chi connectivity index (χ0) is 21.9. The third-order valence-electron chi connectivity index (χ3n) is 4.10. The second kappa shape index (κ2) is 8.33. The van der Waals surface area contributed by atoms with Gasteiger partial charge < -0.3 is 20.5 Å². The molecule has 158 valence electrons. The van der Waals surface area contributed by atoms with Gasteiger partial charge in [0.25, 0.3) is 0 Å². The summed E-state index contributed by atoms with van der Waals surface area (Å²) in [6.45, 7) is 1.32. The van der Waals surface area contributed by atoms with Gasteiger partial charge in [0.2, 0.25) is 0 Å². The van der Waals surface area contributed by atoms with Crippen molar-refractivity contribution in [3.8, 4) is 5.75 Å². The summed E-state index contributed by atoms with van der Waals surface area (Å²) in [5.74, 6) is -2.47. The Morgan fingerprint density at radius 3 is 2.37 bits per heavy atom. The third kappa shape index (κ3) is 5.49. The van der Waals surface area contributed by atoms with Gasteiger partial charge in [0.1, 0.15) is 11.4 Å². The molecular weight excluding hydrogens is 421 g/mol. The van der Waals surface area contributed by atoms with E-state index in [1.54, 1.807) is 0 Å². The highest BCUT2D eigenvalue weighted by atomic mass is 32.1. The number of ether oxygens (including phenoxy) is 1. The van der Waals surface area contributed by atoms with Crippen LogP contribution in [0.25, 0.3) is 10.1 Å². The number of halogens is 3. The van der Waals surface area contributed by atoms with Crippen LogP contribution in [0.2, 0.25) is 0 Å². The van der Waals surface area contributed by atoms with Gasteiger partial charge in [-0.2, -0.15) is 0 Å². The SMILES string of the molecule is CC(O)(CNC(=O)C(=O)Nc1ccc(OC(F)(F)F)cc1)c1cc2ccccc2s1. The lowest BCUT2D eigenvalue weighted by Gasteiger charge is -2.22. The average Bonchev–Trinajstić information content (AvgIpc) is 3.12. The van der Waals surface area contributed by atoms with Gasteiger partial charge in [-0.25, -0.2) is 0 Å². The maximum absolute atomic E-state index is 12.2. The van der Waals surface area contributed by atoms with Crippen LogP contribution in [-0.2, 0) is 15.2 Å². The van der Waals surface area contributed by atoms with Crippen LogP contribution >= 0.6 is 11.3 Å². The normalized spacial score (nSPS) is 13.5. The van der Waals surface area contributed by atoms with Crippen molar-refractivity contribution < 1.29 is 32.6 Å². The molecule has 3 aromatic rings. The average molecular weight is 438 g/mol. The van der Waals surface area contributed by atoms with Crippen LogP contribution in [0, 0.1) is 0 Å². The van der Waals surface area contributed by atoms with Gasteiger partial charge >= 0.3 is 18.2 Å². The molecule has 1 unspecified atom stereocenters. The number of thiophene rings is 1. The van der Waals surface area contributed by atoms with E-state index in [0.29, 0.717) is 4.88 Å². The molecular formula is C20H17F3N2O4S. The van der Waals surface area contributed by atoms with Crippen molar-refractivity contribution in [1.29, 1.82) is 0 Å². The molecule has 1 heterocycles. The third-order valence-corrected chi connectivity index (χ3v) is 5.47. The molecule has 6 nitrogen and oxygen atoms in total. The fourth-order valence-electron chi connectivity index (χ4n) is 2.59. The van der Waals surface area contributed by atoms with Crippen LogP contribution in [0.5, 0.6) is 5.75 Å². The Bertz CT molecular complexity index is 1030. The largest absolute Gasteiger partial charge is 0.573 e. The Morgan fingerprint density at radius 2 is 1.73 bits per heavy atom. The number of hydrogen-bond acceptors (Lipinski definition) is 5. The Kier molecular flexibility index (Phi) is 5.99. The van der Waals surface area contributed by atoms with Gasteiger partial charge in [-0.3, -0.25) is 9.59 Å². The lowest BCUT2D eigenvalue weighted by Crippen LogP contribution is -2.42. The topological polar surface area (TPSA) is 87.7 Å². The monoisotopic (exact) mass is 438 g/mol. The highest BCUT2D eigenvalue weighted by molar-refractivity contribution is 7.19. The lowest BCUT2D eigenvalue weighted by atomic mass is 10.0. The molecule has 0 radical (unpaired) electrons. The van der Waals surface area contributed by atoms with Crippen molar-refractivity contribution in [3.05, 3.63) is 59.5 Å². The van der Waals surface area contributed by atoms with E-state index in [1.165, 1.54) is 30.4 Å². The van der Waals surface area contributed by atoms with E-state index in [1.807, 2.05) is 30.3 Å². The highest BCUT2D eigenvalue weighted by Gasteiger charge is 2.31. The predicted molar refractivity (Wildman–Crippen MR) is 106 cm³/mol. The number of hydrogen-bond donors (Lipinski definition) is 3. The zero-order valence-electron chi connectivity index (χ0n) is 15.6. The van der Waals surface area contributed by atoms with E-state index in [9.17, 15) is 27.9 Å². The molecule has 0 aliphatic carbocycles. The van der Waals surface area contributed by atoms with Crippen LogP contribution in [0.1, 0.15) is 11.8 Å². The molecule has 0 fully saturated rings. The number of rotatable bonds is 5. The molecule has 2 aromatic carbocycles. The van der Waals surface area contributed by atoms with Crippen LogP contribution < -0.4 is 15.4 Å². The Morgan fingerprint density at radius 1 is 1.07 bits per heavy atom. The molecule has 0 aliphatic heterocycles. The molecule has 0 aliphatic rings. The standard InChI is InChI=1S/C20H17F3N2O4S/c1-19(28,16-10-12-4-2-3-5-15(12)30-16)11-24-17(26)18(27)25-13-6-8-14(9-7-13)29-20(21,22)23/h2-10,28H,11H2,1H3,(H,24,26)(H,25,27). The molecule has 0 spiro atoms. The molecule has 0 saturated carbocycles. The van der Waals surface area contributed by atoms with E-state index >= 15 is 0 Å². The minimum absolute atomic E-state index is 0.112. The van der Waals surface area contributed by atoms with Crippen LogP contribution in [0.4, 0.5) is 18.9 Å². The maximum Gasteiger partial charge on any atom is 0.573 e. The van der Waals surface area contributed by atoms with Crippen molar-refractivity contribution in [1.82, 2.24) is 5.32 Å². The Balaban J connectivity index is 1.56. The highest BCUT2D eigenvalue weighted by Crippen LogP contribution is 2.32. The van der Waals surface area contributed by atoms with Crippen molar-refractivity contribution in [3.63, 3.8) is 0 Å². The number of alkyl halides is 3. The zero-order valence-corrected chi connectivity index (χ0v) is 16.4. The molecule has 2 amide bonds. The van der Waals surface area contributed by atoms with Crippen molar-refractivity contribution in [2.75, 3.05) is 11.9 Å². The Hall–Kier alpha value is -3.11. The molecule has 10 heteroatoms. The summed E-state index contributed by atoms with van der Waals surface area (Å²) in [6, 6.07) is 13.7. The molecule has 0 saturated heterocycles. The predicted octanol–water partition coefficient (Wildman–Crippen LogP) is 3.76. The number of benzene rings is 2. The Labute approximate surface area is 173 Å². The first kappa shape index (κ1) is 21.6. The van der Waals surface area contributed by atoms with Gasteiger partial charge in [-0.15, -0.1) is 24.5 Å². The second-order valence-electron chi connectivity index (χ2n) is 6.63. The minimum Gasteiger partial charge on any atom is -0.406 e. The molecule has 1 atom stereocenters. The van der Waals surface area contributed by atoms with Gasteiger partial charge in [-0.05, 0) is 48.7 Å². The molecule has 0 bridgehead atoms. The van der Waals surface area contributed by atoms with Crippen LogP contribution in [-0.4, -0.2) is 29.8 Å². The minimum atomic E-state index is -4.82. The first-order valence-electron chi connectivity index (χ1n) is 8.70. The van der Waals surface area contributed by atoms with Crippen LogP contribution in [0.15, 0.2) is 54.6 Å². The summed E-state index contributed by atoms with van der Waals surface area (Å²) in [6.07, 6.45) is -4.82. The molecule has 3 rings (SSSR count). The summed E-state index contributed by atoms with van der Waals surface area (Å²) >= 11 is 1.38. The van der Waals surface area contributed by atoms with Crippen molar-refractivity contribution >= 4 is 38.9 Å². The fourth-order valence-corrected chi connectivity index (χ4v) is 3.70. The maximum atomic E-state index is 12.2. The van der Waals surface area contributed by atoms with Gasteiger partial charge in [0, 0.05) is 15.3 Å². The number of aliphatic hydroxyl groups is 1. The van der Waals surface area contributed by atoms with E-state index in [0.717, 1.165) is 22.2 Å². The molecule has 3 N–H and O–H groups in total. The van der Waals surface area contributed by atoms with Gasteiger partial charge in [0.15, 0.2) is 0 Å². The van der Waals surface area contributed by atoms with Gasteiger partial charge in [-0.1, -0.05) is 18.2 Å². The molecule has 1 aromatic heterocycles. The smallest absolute Gasteiger partial charge is 0.406 e. The summed E-state index contributed by atoms with van der Waals surface area (Å²) in [5, 5.41) is 16.3. The first-order chi connectivity index (χ1) is 14.0. The van der Waals surface area contributed by atoms with E-state index in [4.69, 9.17) is 0 Å². The number of fused-ring (bicyclic) bond motifs is 1. The summed E-state index contributed by atoms with van der Waals surface area (Å²) in [7, 11) is 0. The number of carbonyl (C=O) groups excluding carboxylic acids is 2. The van der Waals surface area contributed by atoms with Crippen molar-refractivity contribution in [2.45, 2.75) is 18.9 Å².